The standard InChI is InChI=1S/C33H34BrN3O6S/c1-35-33(39)30(20-24-10-6-4-7-11-24)36(22-25-14-16-26(34)17-15-25)32(38)23-37(44(40,41)28-12-8-5-9-13-28)29-21-27(42-2)18-19-31(29)43-3/h4-19,21,30H,20,22-23H2,1-3H3,(H,35,39)/t30-/m1/s1. The lowest BCUT2D eigenvalue weighted by Crippen LogP contribution is -2.53. The predicted octanol–water partition coefficient (Wildman–Crippen LogP) is 5.05. The van der Waals surface area contributed by atoms with E-state index in [1.165, 1.54) is 44.4 Å². The van der Waals surface area contributed by atoms with E-state index in [4.69, 9.17) is 9.47 Å². The van der Waals surface area contributed by atoms with E-state index in [0.717, 1.165) is 19.9 Å². The Morgan fingerprint density at radius 3 is 2.07 bits per heavy atom. The van der Waals surface area contributed by atoms with Crippen LogP contribution in [-0.4, -0.2) is 59.0 Å². The van der Waals surface area contributed by atoms with E-state index in [9.17, 15) is 18.0 Å². The zero-order valence-corrected chi connectivity index (χ0v) is 27.0. The number of hydrogen-bond acceptors (Lipinski definition) is 6. The number of carbonyl (C=O) groups is 2. The summed E-state index contributed by atoms with van der Waals surface area (Å²) in [5.41, 5.74) is 1.73. The molecule has 0 saturated heterocycles. The summed E-state index contributed by atoms with van der Waals surface area (Å²) in [5.74, 6) is -0.359. The van der Waals surface area contributed by atoms with Crippen LogP contribution in [0.5, 0.6) is 11.5 Å². The van der Waals surface area contributed by atoms with Crippen molar-refractivity contribution in [1.29, 1.82) is 0 Å². The van der Waals surface area contributed by atoms with Crippen molar-refractivity contribution in [2.75, 3.05) is 32.1 Å². The second kappa shape index (κ2) is 14.9. The maximum atomic E-state index is 14.4. The Morgan fingerprint density at radius 1 is 0.841 bits per heavy atom. The Labute approximate surface area is 266 Å². The molecule has 230 valence electrons. The minimum atomic E-state index is -4.29. The molecule has 11 heteroatoms. The molecule has 4 aromatic carbocycles. The van der Waals surface area contributed by atoms with Crippen molar-refractivity contribution in [3.05, 3.63) is 119 Å². The molecule has 4 aromatic rings. The second-order valence-corrected chi connectivity index (χ2v) is 12.6. The quantitative estimate of drug-likeness (QED) is 0.212. The summed E-state index contributed by atoms with van der Waals surface area (Å²) in [7, 11) is 0.105. The van der Waals surface area contributed by atoms with E-state index < -0.39 is 28.5 Å². The van der Waals surface area contributed by atoms with Gasteiger partial charge in [-0.05, 0) is 47.5 Å². The molecule has 0 bridgehead atoms. The number of sulfonamides is 1. The SMILES string of the molecule is CNC(=O)[C@@H](Cc1ccccc1)N(Cc1ccc(Br)cc1)C(=O)CN(c1cc(OC)ccc1OC)S(=O)(=O)c1ccccc1. The van der Waals surface area contributed by atoms with Crippen LogP contribution in [0, 0.1) is 0 Å². The summed E-state index contributed by atoms with van der Waals surface area (Å²) >= 11 is 3.44. The fourth-order valence-electron chi connectivity index (χ4n) is 4.73. The molecule has 44 heavy (non-hydrogen) atoms. The molecule has 1 N–H and O–H groups in total. The topological polar surface area (TPSA) is 105 Å². The summed E-state index contributed by atoms with van der Waals surface area (Å²) in [5, 5.41) is 2.68. The summed E-state index contributed by atoms with van der Waals surface area (Å²) < 4.78 is 41.1. The maximum absolute atomic E-state index is 14.4. The predicted molar refractivity (Wildman–Crippen MR) is 173 cm³/mol. The molecule has 2 amide bonds. The van der Waals surface area contributed by atoms with Gasteiger partial charge in [0.05, 0.1) is 24.8 Å². The Hall–Kier alpha value is -4.35. The molecular formula is C33H34BrN3O6S. The summed E-state index contributed by atoms with van der Waals surface area (Å²) in [6.45, 7) is -0.551. The van der Waals surface area contributed by atoms with Crippen LogP contribution in [0.3, 0.4) is 0 Å². The highest BCUT2D eigenvalue weighted by molar-refractivity contribution is 9.10. The minimum Gasteiger partial charge on any atom is -0.497 e. The lowest BCUT2D eigenvalue weighted by Gasteiger charge is -2.34. The molecule has 0 saturated carbocycles. The van der Waals surface area contributed by atoms with Crippen molar-refractivity contribution in [2.45, 2.75) is 23.9 Å². The average Bonchev–Trinajstić information content (AvgIpc) is 3.06. The van der Waals surface area contributed by atoms with Gasteiger partial charge in [0.2, 0.25) is 11.8 Å². The van der Waals surface area contributed by atoms with Gasteiger partial charge in [0.1, 0.15) is 24.1 Å². The highest BCUT2D eigenvalue weighted by atomic mass is 79.9. The lowest BCUT2D eigenvalue weighted by atomic mass is 10.0. The largest absolute Gasteiger partial charge is 0.497 e. The van der Waals surface area contributed by atoms with Crippen molar-refractivity contribution in [1.82, 2.24) is 10.2 Å². The number of likely N-dealkylation sites (N-methyl/N-ethyl adjacent to an activating group) is 1. The molecular weight excluding hydrogens is 646 g/mol. The van der Waals surface area contributed by atoms with Gasteiger partial charge in [0, 0.05) is 30.6 Å². The zero-order chi connectivity index (χ0) is 31.7. The van der Waals surface area contributed by atoms with Gasteiger partial charge in [-0.3, -0.25) is 13.9 Å². The monoisotopic (exact) mass is 679 g/mol. The molecule has 4 rings (SSSR count). The summed E-state index contributed by atoms with van der Waals surface area (Å²) in [6.07, 6.45) is 0.219. The number of benzene rings is 4. The van der Waals surface area contributed by atoms with Gasteiger partial charge < -0.3 is 19.7 Å². The van der Waals surface area contributed by atoms with Crippen molar-refractivity contribution in [3.8, 4) is 11.5 Å². The molecule has 9 nitrogen and oxygen atoms in total. The number of ether oxygens (including phenoxy) is 2. The van der Waals surface area contributed by atoms with E-state index in [-0.39, 0.29) is 35.2 Å². The molecule has 0 aromatic heterocycles. The first kappa shape index (κ1) is 32.6. The van der Waals surface area contributed by atoms with E-state index in [2.05, 4.69) is 21.2 Å². The van der Waals surface area contributed by atoms with Crippen molar-refractivity contribution >= 4 is 43.5 Å². The van der Waals surface area contributed by atoms with E-state index in [1.54, 1.807) is 30.3 Å². The number of methoxy groups -OCH3 is 2. The zero-order valence-electron chi connectivity index (χ0n) is 24.6. The number of rotatable bonds is 13. The van der Waals surface area contributed by atoms with Crippen LogP contribution in [0.15, 0.2) is 112 Å². The third-order valence-electron chi connectivity index (χ3n) is 7.05. The fraction of sp³-hybridized carbons (Fsp3) is 0.212. The molecule has 0 fully saturated rings. The molecule has 0 heterocycles. The first-order chi connectivity index (χ1) is 21.2. The Morgan fingerprint density at radius 2 is 1.48 bits per heavy atom. The molecule has 0 radical (unpaired) electrons. The first-order valence-electron chi connectivity index (χ1n) is 13.8. The van der Waals surface area contributed by atoms with Gasteiger partial charge in [-0.1, -0.05) is 76.6 Å². The normalized spacial score (nSPS) is 11.7. The fourth-order valence-corrected chi connectivity index (χ4v) is 6.43. The van der Waals surface area contributed by atoms with Crippen LogP contribution < -0.4 is 19.1 Å². The van der Waals surface area contributed by atoms with Gasteiger partial charge in [-0.25, -0.2) is 8.42 Å². The van der Waals surface area contributed by atoms with Gasteiger partial charge in [-0.2, -0.15) is 0 Å². The average molecular weight is 681 g/mol. The van der Waals surface area contributed by atoms with Crippen molar-refractivity contribution in [3.63, 3.8) is 0 Å². The van der Waals surface area contributed by atoms with Crippen LogP contribution >= 0.6 is 15.9 Å². The number of halogens is 1. The smallest absolute Gasteiger partial charge is 0.264 e. The molecule has 0 unspecified atom stereocenters. The van der Waals surface area contributed by atoms with Gasteiger partial charge >= 0.3 is 0 Å². The van der Waals surface area contributed by atoms with Gasteiger partial charge in [0.25, 0.3) is 10.0 Å². The second-order valence-electron chi connectivity index (χ2n) is 9.83. The molecule has 1 atom stereocenters. The molecule has 0 spiro atoms. The van der Waals surface area contributed by atoms with Gasteiger partial charge in [-0.15, -0.1) is 0 Å². The minimum absolute atomic E-state index is 0.00994. The maximum Gasteiger partial charge on any atom is 0.264 e. The Kier molecular flexibility index (Phi) is 11.0. The number of amides is 2. The van der Waals surface area contributed by atoms with Crippen LogP contribution in [0.1, 0.15) is 11.1 Å². The van der Waals surface area contributed by atoms with Crippen molar-refractivity contribution in [2.24, 2.45) is 0 Å². The third kappa shape index (κ3) is 7.78. The van der Waals surface area contributed by atoms with Gasteiger partial charge in [0.15, 0.2) is 0 Å². The number of nitrogens with zero attached hydrogens (tertiary/aromatic N) is 2. The molecule has 0 aliphatic rings. The first-order valence-corrected chi connectivity index (χ1v) is 16.0. The van der Waals surface area contributed by atoms with Crippen LogP contribution in [0.4, 0.5) is 5.69 Å². The van der Waals surface area contributed by atoms with Crippen molar-refractivity contribution < 1.29 is 27.5 Å². The summed E-state index contributed by atoms with van der Waals surface area (Å²) in [4.78, 5) is 29.2. The Balaban J connectivity index is 1.84. The number of hydrogen-bond donors (Lipinski definition) is 1. The number of anilines is 1. The highest BCUT2D eigenvalue weighted by Gasteiger charge is 2.35. The Bertz CT molecular complexity index is 1670. The van der Waals surface area contributed by atoms with Crippen LogP contribution in [0.2, 0.25) is 0 Å². The molecule has 0 aliphatic carbocycles. The summed E-state index contributed by atoms with van der Waals surface area (Å²) in [6, 6.07) is 28.4. The van der Waals surface area contributed by atoms with Crippen LogP contribution in [-0.2, 0) is 32.6 Å². The lowest BCUT2D eigenvalue weighted by molar-refractivity contribution is -0.139. The third-order valence-corrected chi connectivity index (χ3v) is 9.35. The number of nitrogens with one attached hydrogen (secondary N) is 1. The van der Waals surface area contributed by atoms with E-state index in [0.29, 0.717) is 5.75 Å². The van der Waals surface area contributed by atoms with Crippen LogP contribution in [0.25, 0.3) is 0 Å². The highest BCUT2D eigenvalue weighted by Crippen LogP contribution is 2.36. The number of carbonyl (C=O) groups excluding carboxylic acids is 2. The molecule has 0 aliphatic heterocycles. The van der Waals surface area contributed by atoms with E-state index in [1.807, 2.05) is 54.6 Å². The van der Waals surface area contributed by atoms with E-state index >= 15 is 0 Å².